The molecule has 0 spiro atoms. The van der Waals surface area contributed by atoms with Crippen LogP contribution in [0.25, 0.3) is 0 Å². The Balaban J connectivity index is 2.18. The zero-order valence-electron chi connectivity index (χ0n) is 9.70. The number of nitrogens with one attached hydrogen (secondary N) is 2. The third-order valence-electron chi connectivity index (χ3n) is 2.61. The lowest BCUT2D eigenvalue weighted by atomic mass is 10.3. The Morgan fingerprint density at radius 1 is 1.44 bits per heavy atom. The minimum Gasteiger partial charge on any atom is -0.394 e. The van der Waals surface area contributed by atoms with Crippen molar-refractivity contribution in [3.05, 3.63) is 11.9 Å². The quantitative estimate of drug-likeness (QED) is 0.698. The van der Waals surface area contributed by atoms with Gasteiger partial charge in [-0.05, 0) is 19.8 Å². The summed E-state index contributed by atoms with van der Waals surface area (Å²) < 4.78 is 0. The highest BCUT2D eigenvalue weighted by Crippen LogP contribution is 2.38. The van der Waals surface area contributed by atoms with Crippen LogP contribution in [0.5, 0.6) is 0 Å². The number of hydrogen-bond donors (Lipinski definition) is 3. The van der Waals surface area contributed by atoms with Gasteiger partial charge in [0.2, 0.25) is 0 Å². The second-order valence-electron chi connectivity index (χ2n) is 4.25. The summed E-state index contributed by atoms with van der Waals surface area (Å²) in [6.45, 7) is 2.01. The fraction of sp³-hybridized carbons (Fsp3) is 0.636. The molecule has 0 amide bonds. The number of hydrogen-bond acceptors (Lipinski definition) is 5. The first-order chi connectivity index (χ1) is 7.72. The number of anilines is 2. The Morgan fingerprint density at radius 3 is 2.69 bits per heavy atom. The number of aliphatic hydroxyl groups excluding tert-OH is 1. The van der Waals surface area contributed by atoms with Crippen LogP contribution in [0.1, 0.15) is 31.5 Å². The lowest BCUT2D eigenvalue weighted by Crippen LogP contribution is -2.20. The molecule has 1 fully saturated rings. The Kier molecular flexibility index (Phi) is 3.24. The number of aliphatic hydroxyl groups is 1. The Bertz CT molecular complexity index is 365. The molecule has 1 heterocycles. The summed E-state index contributed by atoms with van der Waals surface area (Å²) >= 11 is 0. The van der Waals surface area contributed by atoms with Crippen LogP contribution < -0.4 is 10.6 Å². The van der Waals surface area contributed by atoms with E-state index in [0.29, 0.717) is 5.92 Å². The van der Waals surface area contributed by atoms with E-state index in [1.54, 1.807) is 0 Å². The molecule has 88 valence electrons. The molecule has 1 aromatic heterocycles. The van der Waals surface area contributed by atoms with E-state index in [9.17, 15) is 0 Å². The molecule has 5 heteroatoms. The summed E-state index contributed by atoms with van der Waals surface area (Å²) in [6, 6.07) is 1.87. The maximum atomic E-state index is 8.99. The van der Waals surface area contributed by atoms with E-state index >= 15 is 0 Å². The molecule has 1 aromatic rings. The van der Waals surface area contributed by atoms with Gasteiger partial charge in [0.1, 0.15) is 17.5 Å². The van der Waals surface area contributed by atoms with E-state index in [4.69, 9.17) is 5.11 Å². The molecule has 1 unspecified atom stereocenters. The van der Waals surface area contributed by atoms with Crippen molar-refractivity contribution in [2.45, 2.75) is 31.7 Å². The van der Waals surface area contributed by atoms with E-state index in [1.807, 2.05) is 20.0 Å². The minimum absolute atomic E-state index is 0.00617. The maximum Gasteiger partial charge on any atom is 0.136 e. The lowest BCUT2D eigenvalue weighted by Gasteiger charge is -2.13. The van der Waals surface area contributed by atoms with E-state index in [2.05, 4.69) is 20.6 Å². The van der Waals surface area contributed by atoms with Crippen molar-refractivity contribution in [3.8, 4) is 0 Å². The summed E-state index contributed by atoms with van der Waals surface area (Å²) in [7, 11) is 1.85. The van der Waals surface area contributed by atoms with Gasteiger partial charge in [-0.25, -0.2) is 9.97 Å². The molecule has 3 N–H and O–H groups in total. The van der Waals surface area contributed by atoms with Crippen LogP contribution in [-0.2, 0) is 0 Å². The lowest BCUT2D eigenvalue weighted by molar-refractivity contribution is 0.281. The second kappa shape index (κ2) is 4.65. The Morgan fingerprint density at radius 2 is 2.12 bits per heavy atom. The van der Waals surface area contributed by atoms with Gasteiger partial charge in [0.25, 0.3) is 0 Å². The highest BCUT2D eigenvalue weighted by Gasteiger charge is 2.27. The highest BCUT2D eigenvalue weighted by atomic mass is 16.3. The highest BCUT2D eigenvalue weighted by molar-refractivity contribution is 5.48. The molecule has 0 aliphatic heterocycles. The van der Waals surface area contributed by atoms with Crippen LogP contribution in [0.15, 0.2) is 6.07 Å². The zero-order valence-corrected chi connectivity index (χ0v) is 9.70. The van der Waals surface area contributed by atoms with Crippen LogP contribution in [0.2, 0.25) is 0 Å². The molecular weight excluding hydrogens is 204 g/mol. The second-order valence-corrected chi connectivity index (χ2v) is 4.25. The standard InChI is InChI=1S/C11H18N4O/c1-7(6-16)13-10-5-9(12-2)14-11(15-10)8-3-4-8/h5,7-8,16H,3-4,6H2,1-2H3,(H2,12,13,14,15). The number of nitrogens with zero attached hydrogens (tertiary/aromatic N) is 2. The van der Waals surface area contributed by atoms with Gasteiger partial charge in [0.15, 0.2) is 0 Å². The third-order valence-corrected chi connectivity index (χ3v) is 2.61. The predicted octanol–water partition coefficient (Wildman–Crippen LogP) is 1.19. The molecule has 2 rings (SSSR count). The molecule has 1 atom stereocenters. The molecule has 16 heavy (non-hydrogen) atoms. The molecule has 1 saturated carbocycles. The third kappa shape index (κ3) is 2.61. The normalized spacial score (nSPS) is 16.9. The summed E-state index contributed by atoms with van der Waals surface area (Å²) in [5, 5.41) is 15.2. The van der Waals surface area contributed by atoms with Crippen LogP contribution in [0.4, 0.5) is 11.6 Å². The average Bonchev–Trinajstić information content (AvgIpc) is 3.12. The molecule has 0 saturated heterocycles. The fourth-order valence-corrected chi connectivity index (χ4v) is 1.49. The van der Waals surface area contributed by atoms with E-state index in [1.165, 1.54) is 12.8 Å². The number of aromatic nitrogens is 2. The molecule has 1 aliphatic rings. The first-order valence-electron chi connectivity index (χ1n) is 5.67. The van der Waals surface area contributed by atoms with Crippen LogP contribution in [0.3, 0.4) is 0 Å². The summed E-state index contributed by atoms with van der Waals surface area (Å²) in [4.78, 5) is 8.88. The monoisotopic (exact) mass is 222 g/mol. The molecule has 5 nitrogen and oxygen atoms in total. The van der Waals surface area contributed by atoms with Crippen molar-refractivity contribution in [1.82, 2.24) is 9.97 Å². The maximum absolute atomic E-state index is 8.99. The van der Waals surface area contributed by atoms with Crippen molar-refractivity contribution in [1.29, 1.82) is 0 Å². The largest absolute Gasteiger partial charge is 0.394 e. The van der Waals surface area contributed by atoms with Crippen LogP contribution in [-0.4, -0.2) is 34.8 Å². The van der Waals surface area contributed by atoms with E-state index < -0.39 is 0 Å². The molecular formula is C11H18N4O. The van der Waals surface area contributed by atoms with Gasteiger partial charge < -0.3 is 15.7 Å². The zero-order chi connectivity index (χ0) is 11.5. The van der Waals surface area contributed by atoms with Crippen molar-refractivity contribution < 1.29 is 5.11 Å². The van der Waals surface area contributed by atoms with Gasteiger partial charge in [-0.15, -0.1) is 0 Å². The predicted molar refractivity (Wildman–Crippen MR) is 63.7 cm³/mol. The van der Waals surface area contributed by atoms with Gasteiger partial charge >= 0.3 is 0 Å². The first kappa shape index (κ1) is 11.1. The molecule has 0 bridgehead atoms. The van der Waals surface area contributed by atoms with Crippen LogP contribution >= 0.6 is 0 Å². The number of rotatable bonds is 5. The molecule has 1 aliphatic carbocycles. The first-order valence-corrected chi connectivity index (χ1v) is 5.67. The van der Waals surface area contributed by atoms with Gasteiger partial charge in [-0.1, -0.05) is 0 Å². The minimum atomic E-state index is 0.00617. The Labute approximate surface area is 95.3 Å². The summed E-state index contributed by atoms with van der Waals surface area (Å²) in [5.41, 5.74) is 0. The van der Waals surface area contributed by atoms with Gasteiger partial charge in [-0.2, -0.15) is 0 Å². The van der Waals surface area contributed by atoms with E-state index in [0.717, 1.165) is 17.5 Å². The van der Waals surface area contributed by atoms with Crippen molar-refractivity contribution >= 4 is 11.6 Å². The van der Waals surface area contributed by atoms with Gasteiger partial charge in [-0.3, -0.25) is 0 Å². The van der Waals surface area contributed by atoms with Gasteiger partial charge in [0, 0.05) is 25.1 Å². The summed E-state index contributed by atoms with van der Waals surface area (Å²) in [6.07, 6.45) is 2.37. The fourth-order valence-electron chi connectivity index (χ4n) is 1.49. The van der Waals surface area contributed by atoms with Crippen molar-refractivity contribution in [3.63, 3.8) is 0 Å². The van der Waals surface area contributed by atoms with Crippen molar-refractivity contribution in [2.24, 2.45) is 0 Å². The van der Waals surface area contributed by atoms with Crippen LogP contribution in [0, 0.1) is 0 Å². The molecule has 0 radical (unpaired) electrons. The van der Waals surface area contributed by atoms with E-state index in [-0.39, 0.29) is 12.6 Å². The Hall–Kier alpha value is -1.36. The van der Waals surface area contributed by atoms with Crippen molar-refractivity contribution in [2.75, 3.05) is 24.3 Å². The SMILES string of the molecule is CNc1cc(NC(C)CO)nc(C2CC2)n1. The topological polar surface area (TPSA) is 70.1 Å². The average molecular weight is 222 g/mol. The smallest absolute Gasteiger partial charge is 0.136 e. The van der Waals surface area contributed by atoms with Gasteiger partial charge in [0.05, 0.1) is 6.61 Å². The molecule has 0 aromatic carbocycles. The summed E-state index contributed by atoms with van der Waals surface area (Å²) in [5.74, 6) is 3.03.